The van der Waals surface area contributed by atoms with Crippen LogP contribution in [0.4, 0.5) is 4.39 Å². The predicted octanol–water partition coefficient (Wildman–Crippen LogP) is 3.15. The maximum absolute atomic E-state index is 13.0. The van der Waals surface area contributed by atoms with E-state index in [1.54, 1.807) is 7.11 Å². The van der Waals surface area contributed by atoms with Gasteiger partial charge in [0.05, 0.1) is 13.7 Å². The van der Waals surface area contributed by atoms with Crippen LogP contribution in [-0.2, 0) is 6.42 Å². The van der Waals surface area contributed by atoms with Crippen molar-refractivity contribution in [3.8, 4) is 11.5 Å². The Morgan fingerprint density at radius 2 is 1.90 bits per heavy atom. The van der Waals surface area contributed by atoms with Gasteiger partial charge in [-0.25, -0.2) is 9.18 Å². The second-order valence-electron chi connectivity index (χ2n) is 4.39. The minimum absolute atomic E-state index is 0.164. The third-order valence-electron chi connectivity index (χ3n) is 2.98. The van der Waals surface area contributed by atoms with E-state index >= 15 is 0 Å². The highest BCUT2D eigenvalue weighted by molar-refractivity contribution is 5.90. The Balaban J connectivity index is 1.98. The van der Waals surface area contributed by atoms with Gasteiger partial charge in [-0.15, -0.1) is 0 Å². The van der Waals surface area contributed by atoms with E-state index in [-0.39, 0.29) is 11.3 Å². The minimum Gasteiger partial charge on any atom is -0.497 e. The fourth-order valence-electron chi connectivity index (χ4n) is 1.87. The average molecular weight is 290 g/mol. The topological polar surface area (TPSA) is 55.8 Å². The lowest BCUT2D eigenvalue weighted by atomic mass is 10.1. The fraction of sp³-hybridized carbons (Fsp3) is 0.188. The van der Waals surface area contributed by atoms with Gasteiger partial charge in [0.25, 0.3) is 0 Å². The highest BCUT2D eigenvalue weighted by Crippen LogP contribution is 2.20. The number of carboxylic acid groups (broad SMARTS) is 1. The van der Waals surface area contributed by atoms with Crippen molar-refractivity contribution in [2.75, 3.05) is 13.7 Å². The van der Waals surface area contributed by atoms with E-state index in [2.05, 4.69) is 0 Å². The zero-order chi connectivity index (χ0) is 15.2. The molecule has 0 fully saturated rings. The highest BCUT2D eigenvalue weighted by Gasteiger charge is 2.12. The van der Waals surface area contributed by atoms with Gasteiger partial charge in [0.15, 0.2) is 0 Å². The molecular weight excluding hydrogens is 275 g/mol. The van der Waals surface area contributed by atoms with Crippen LogP contribution in [0.5, 0.6) is 11.5 Å². The number of halogens is 1. The smallest absolute Gasteiger partial charge is 0.339 e. The van der Waals surface area contributed by atoms with Gasteiger partial charge in [0.1, 0.15) is 22.9 Å². The molecule has 0 aliphatic heterocycles. The first-order valence-corrected chi connectivity index (χ1v) is 6.38. The van der Waals surface area contributed by atoms with E-state index in [0.717, 1.165) is 17.4 Å². The lowest BCUT2D eigenvalue weighted by molar-refractivity contribution is 0.0691. The molecule has 0 saturated carbocycles. The normalized spacial score (nSPS) is 10.2. The second-order valence-corrected chi connectivity index (χ2v) is 4.39. The number of benzene rings is 2. The Bertz CT molecular complexity index is 623. The summed E-state index contributed by atoms with van der Waals surface area (Å²) in [6.07, 6.45) is 0.612. The first kappa shape index (κ1) is 14.8. The van der Waals surface area contributed by atoms with E-state index in [1.165, 1.54) is 12.1 Å². The molecule has 0 amide bonds. The Labute approximate surface area is 121 Å². The van der Waals surface area contributed by atoms with Crippen molar-refractivity contribution >= 4 is 5.97 Å². The van der Waals surface area contributed by atoms with Crippen molar-refractivity contribution in [1.82, 2.24) is 0 Å². The number of methoxy groups -OCH3 is 1. The van der Waals surface area contributed by atoms with Gasteiger partial charge >= 0.3 is 5.97 Å². The van der Waals surface area contributed by atoms with Crippen molar-refractivity contribution in [2.45, 2.75) is 6.42 Å². The van der Waals surface area contributed by atoms with Crippen molar-refractivity contribution < 1.29 is 23.8 Å². The van der Waals surface area contributed by atoms with Crippen LogP contribution in [-0.4, -0.2) is 24.8 Å². The molecule has 0 unspecified atom stereocenters. The van der Waals surface area contributed by atoms with Crippen LogP contribution in [0.15, 0.2) is 42.5 Å². The molecule has 110 valence electrons. The van der Waals surface area contributed by atoms with E-state index in [4.69, 9.17) is 14.6 Å². The summed E-state index contributed by atoms with van der Waals surface area (Å²) >= 11 is 0. The molecule has 0 bridgehead atoms. The largest absolute Gasteiger partial charge is 0.497 e. The molecule has 0 spiro atoms. The summed E-state index contributed by atoms with van der Waals surface area (Å²) in [5.74, 6) is -0.882. The molecule has 4 nitrogen and oxygen atoms in total. The van der Waals surface area contributed by atoms with Gasteiger partial charge in [0.2, 0.25) is 0 Å². The van der Waals surface area contributed by atoms with Crippen LogP contribution in [0.25, 0.3) is 0 Å². The number of carboxylic acids is 1. The minimum atomic E-state index is -1.21. The highest BCUT2D eigenvalue weighted by atomic mass is 19.1. The van der Waals surface area contributed by atoms with Crippen LogP contribution >= 0.6 is 0 Å². The lowest BCUT2D eigenvalue weighted by Crippen LogP contribution is -2.06. The van der Waals surface area contributed by atoms with Gasteiger partial charge < -0.3 is 14.6 Å². The molecule has 2 rings (SSSR count). The van der Waals surface area contributed by atoms with Gasteiger partial charge in [-0.2, -0.15) is 0 Å². The SMILES string of the molecule is COc1ccc(CCOc2ccc(F)cc2C(=O)O)cc1. The maximum Gasteiger partial charge on any atom is 0.339 e. The summed E-state index contributed by atoms with van der Waals surface area (Å²) in [4.78, 5) is 11.0. The summed E-state index contributed by atoms with van der Waals surface area (Å²) in [5.41, 5.74) is 0.861. The number of hydrogen-bond donors (Lipinski definition) is 1. The Morgan fingerprint density at radius 3 is 2.52 bits per heavy atom. The Morgan fingerprint density at radius 1 is 1.19 bits per heavy atom. The zero-order valence-electron chi connectivity index (χ0n) is 11.5. The molecule has 2 aromatic rings. The third-order valence-corrected chi connectivity index (χ3v) is 2.98. The van der Waals surface area contributed by atoms with E-state index in [0.29, 0.717) is 13.0 Å². The molecule has 0 aliphatic carbocycles. The standard InChI is InChI=1S/C16H15FO4/c1-20-13-5-2-11(3-6-13)8-9-21-15-7-4-12(17)10-14(15)16(18)19/h2-7,10H,8-9H2,1H3,(H,18,19). The average Bonchev–Trinajstić information content (AvgIpc) is 2.49. The third kappa shape index (κ3) is 3.95. The van der Waals surface area contributed by atoms with Crippen molar-refractivity contribution in [3.05, 3.63) is 59.4 Å². The number of rotatable bonds is 6. The van der Waals surface area contributed by atoms with E-state index < -0.39 is 11.8 Å². The van der Waals surface area contributed by atoms with Crippen LogP contribution < -0.4 is 9.47 Å². The van der Waals surface area contributed by atoms with Crippen molar-refractivity contribution in [1.29, 1.82) is 0 Å². The number of hydrogen-bond acceptors (Lipinski definition) is 3. The Hall–Kier alpha value is -2.56. The van der Waals surface area contributed by atoms with Gasteiger partial charge in [-0.05, 0) is 35.9 Å². The van der Waals surface area contributed by atoms with Crippen LogP contribution in [0, 0.1) is 5.82 Å². The van der Waals surface area contributed by atoms with Gasteiger partial charge in [-0.3, -0.25) is 0 Å². The monoisotopic (exact) mass is 290 g/mol. The second kappa shape index (κ2) is 6.74. The molecule has 2 aromatic carbocycles. The number of carbonyl (C=O) groups is 1. The quantitative estimate of drug-likeness (QED) is 0.888. The molecule has 5 heteroatoms. The maximum atomic E-state index is 13.0. The summed E-state index contributed by atoms with van der Waals surface area (Å²) in [6, 6.07) is 11.0. The summed E-state index contributed by atoms with van der Waals surface area (Å²) in [7, 11) is 1.60. The Kier molecular flexibility index (Phi) is 4.77. The summed E-state index contributed by atoms with van der Waals surface area (Å²) < 4.78 is 23.5. The molecule has 0 aliphatic rings. The van der Waals surface area contributed by atoms with Crippen molar-refractivity contribution in [3.63, 3.8) is 0 Å². The fourth-order valence-corrected chi connectivity index (χ4v) is 1.87. The first-order chi connectivity index (χ1) is 10.1. The molecule has 1 N–H and O–H groups in total. The van der Waals surface area contributed by atoms with Crippen LogP contribution in [0.1, 0.15) is 15.9 Å². The predicted molar refractivity (Wildman–Crippen MR) is 75.6 cm³/mol. The molecule has 0 saturated heterocycles. The molecular formula is C16H15FO4. The van der Waals surface area contributed by atoms with E-state index in [9.17, 15) is 9.18 Å². The number of aromatic carboxylic acids is 1. The zero-order valence-corrected chi connectivity index (χ0v) is 11.5. The summed E-state index contributed by atoms with van der Waals surface area (Å²) in [6.45, 7) is 0.304. The van der Waals surface area contributed by atoms with Crippen LogP contribution in [0.2, 0.25) is 0 Å². The first-order valence-electron chi connectivity index (χ1n) is 6.38. The van der Waals surface area contributed by atoms with Gasteiger partial charge in [-0.1, -0.05) is 12.1 Å². The number of ether oxygens (including phenoxy) is 2. The molecule has 0 atom stereocenters. The van der Waals surface area contributed by atoms with Gasteiger partial charge in [0, 0.05) is 6.42 Å². The van der Waals surface area contributed by atoms with Crippen LogP contribution in [0.3, 0.4) is 0 Å². The molecule has 21 heavy (non-hydrogen) atoms. The molecule has 0 aromatic heterocycles. The van der Waals surface area contributed by atoms with E-state index in [1.807, 2.05) is 24.3 Å². The molecule has 0 radical (unpaired) electrons. The lowest BCUT2D eigenvalue weighted by Gasteiger charge is -2.09. The molecule has 0 heterocycles. The summed E-state index contributed by atoms with van der Waals surface area (Å²) in [5, 5.41) is 9.00. The van der Waals surface area contributed by atoms with Crippen molar-refractivity contribution in [2.24, 2.45) is 0 Å².